The van der Waals surface area contributed by atoms with E-state index in [-0.39, 0.29) is 17.7 Å². The Balaban J connectivity index is 2.02. The molecule has 6 heteroatoms. The molecule has 21 heavy (non-hydrogen) atoms. The molecule has 2 rings (SSSR count). The summed E-state index contributed by atoms with van der Waals surface area (Å²) in [5.74, 6) is -0.506. The van der Waals surface area contributed by atoms with Gasteiger partial charge in [0, 0.05) is 28.8 Å². The fourth-order valence-corrected chi connectivity index (χ4v) is 2.92. The van der Waals surface area contributed by atoms with E-state index in [4.69, 9.17) is 23.2 Å². The average molecular weight is 327 g/mol. The first-order valence-electron chi connectivity index (χ1n) is 6.68. The van der Waals surface area contributed by atoms with Crippen molar-refractivity contribution in [3.63, 3.8) is 0 Å². The molecule has 2 amide bonds. The van der Waals surface area contributed by atoms with Crippen molar-refractivity contribution in [3.05, 3.63) is 40.9 Å². The quantitative estimate of drug-likeness (QED) is 0.866. The van der Waals surface area contributed by atoms with Gasteiger partial charge in [-0.15, -0.1) is 0 Å². The first-order chi connectivity index (χ1) is 9.99. The van der Waals surface area contributed by atoms with Crippen LogP contribution in [-0.2, 0) is 9.59 Å². The van der Waals surface area contributed by atoms with Crippen LogP contribution in [-0.4, -0.2) is 29.8 Å². The van der Waals surface area contributed by atoms with Crippen LogP contribution in [0.5, 0.6) is 0 Å². The topological polar surface area (TPSA) is 49.4 Å². The van der Waals surface area contributed by atoms with Crippen molar-refractivity contribution >= 4 is 40.7 Å². The van der Waals surface area contributed by atoms with Gasteiger partial charge in [-0.3, -0.25) is 9.59 Å². The molecule has 0 saturated carbocycles. The summed E-state index contributed by atoms with van der Waals surface area (Å²) >= 11 is 11.8. The molecule has 0 aromatic heterocycles. The number of benzene rings is 1. The molecular formula is C15H16Cl2N2O2. The van der Waals surface area contributed by atoms with Crippen LogP contribution in [0.3, 0.4) is 0 Å². The van der Waals surface area contributed by atoms with E-state index in [1.165, 1.54) is 6.08 Å². The zero-order valence-electron chi connectivity index (χ0n) is 11.4. The molecule has 1 N–H and O–H groups in total. The second kappa shape index (κ2) is 6.96. The highest BCUT2D eigenvalue weighted by Gasteiger charge is 2.27. The van der Waals surface area contributed by atoms with Crippen LogP contribution >= 0.6 is 23.2 Å². The maximum absolute atomic E-state index is 12.3. The summed E-state index contributed by atoms with van der Waals surface area (Å²) in [5.41, 5.74) is 0.560. The maximum Gasteiger partial charge on any atom is 0.245 e. The van der Waals surface area contributed by atoms with E-state index in [0.717, 1.165) is 12.8 Å². The molecule has 0 radical (unpaired) electrons. The Bertz CT molecular complexity index is 555. The van der Waals surface area contributed by atoms with E-state index < -0.39 is 0 Å². The van der Waals surface area contributed by atoms with Gasteiger partial charge >= 0.3 is 0 Å². The van der Waals surface area contributed by atoms with Gasteiger partial charge in [0.15, 0.2) is 0 Å². The molecule has 112 valence electrons. The standard InChI is InChI=1S/C15H16Cl2N2O2/c1-2-14(20)19-5-3-4-10(9-19)15(21)18-13-7-11(16)6-12(17)8-13/h2,6-8,10H,1,3-5,9H2,(H,18,21). The molecule has 1 fully saturated rings. The van der Waals surface area contributed by atoms with Gasteiger partial charge < -0.3 is 10.2 Å². The fraction of sp³-hybridized carbons (Fsp3) is 0.333. The van der Waals surface area contributed by atoms with Gasteiger partial charge in [0.2, 0.25) is 11.8 Å². The number of halogens is 2. The van der Waals surface area contributed by atoms with Crippen molar-refractivity contribution in [2.45, 2.75) is 12.8 Å². The smallest absolute Gasteiger partial charge is 0.245 e. The summed E-state index contributed by atoms with van der Waals surface area (Å²) in [5, 5.41) is 3.72. The van der Waals surface area contributed by atoms with E-state index in [9.17, 15) is 9.59 Å². The number of hydrogen-bond acceptors (Lipinski definition) is 2. The molecular weight excluding hydrogens is 311 g/mol. The molecule has 1 aromatic rings. The molecule has 1 saturated heterocycles. The van der Waals surface area contributed by atoms with Gasteiger partial charge in [-0.25, -0.2) is 0 Å². The zero-order chi connectivity index (χ0) is 15.4. The number of hydrogen-bond donors (Lipinski definition) is 1. The number of piperidine rings is 1. The van der Waals surface area contributed by atoms with Crippen LogP contribution in [0.15, 0.2) is 30.9 Å². The van der Waals surface area contributed by atoms with Crippen molar-refractivity contribution < 1.29 is 9.59 Å². The fourth-order valence-electron chi connectivity index (χ4n) is 2.39. The number of amides is 2. The van der Waals surface area contributed by atoms with E-state index in [1.807, 2.05) is 0 Å². The third kappa shape index (κ3) is 4.22. The number of carbonyl (C=O) groups excluding carboxylic acids is 2. The summed E-state index contributed by atoms with van der Waals surface area (Å²) in [6.45, 7) is 4.54. The van der Waals surface area contributed by atoms with E-state index in [2.05, 4.69) is 11.9 Å². The summed E-state index contributed by atoms with van der Waals surface area (Å²) in [6, 6.07) is 4.88. The lowest BCUT2D eigenvalue weighted by molar-refractivity contribution is -0.130. The lowest BCUT2D eigenvalue weighted by Crippen LogP contribution is -2.43. The highest BCUT2D eigenvalue weighted by molar-refractivity contribution is 6.35. The highest BCUT2D eigenvalue weighted by atomic mass is 35.5. The summed E-state index contributed by atoms with van der Waals surface area (Å²) in [4.78, 5) is 25.6. The van der Waals surface area contributed by atoms with Gasteiger partial charge in [0.25, 0.3) is 0 Å². The molecule has 1 aliphatic rings. The van der Waals surface area contributed by atoms with Gasteiger partial charge in [-0.2, -0.15) is 0 Å². The Morgan fingerprint density at radius 2 is 1.95 bits per heavy atom. The second-order valence-corrected chi connectivity index (χ2v) is 5.85. The lowest BCUT2D eigenvalue weighted by Gasteiger charge is -2.31. The Labute approximate surface area is 133 Å². The van der Waals surface area contributed by atoms with Crippen LogP contribution in [0.1, 0.15) is 12.8 Å². The molecule has 1 atom stereocenters. The number of likely N-dealkylation sites (tertiary alicyclic amines) is 1. The third-order valence-electron chi connectivity index (χ3n) is 3.41. The largest absolute Gasteiger partial charge is 0.338 e. The second-order valence-electron chi connectivity index (χ2n) is 4.97. The predicted molar refractivity (Wildman–Crippen MR) is 84.6 cm³/mol. The molecule has 0 spiro atoms. The van der Waals surface area contributed by atoms with Gasteiger partial charge in [0.05, 0.1) is 5.92 Å². The molecule has 0 bridgehead atoms. The average Bonchev–Trinajstić information content (AvgIpc) is 2.45. The third-order valence-corrected chi connectivity index (χ3v) is 3.85. The number of anilines is 1. The number of carbonyl (C=O) groups is 2. The van der Waals surface area contributed by atoms with Crippen molar-refractivity contribution in [1.82, 2.24) is 4.90 Å². The van der Waals surface area contributed by atoms with Crippen molar-refractivity contribution in [2.24, 2.45) is 5.92 Å². The van der Waals surface area contributed by atoms with Gasteiger partial charge in [0.1, 0.15) is 0 Å². The summed E-state index contributed by atoms with van der Waals surface area (Å²) in [6.07, 6.45) is 2.83. The first-order valence-corrected chi connectivity index (χ1v) is 7.43. The van der Waals surface area contributed by atoms with Crippen LogP contribution in [0.2, 0.25) is 10.0 Å². The number of rotatable bonds is 3. The van der Waals surface area contributed by atoms with Crippen molar-refractivity contribution in [1.29, 1.82) is 0 Å². The summed E-state index contributed by atoms with van der Waals surface area (Å²) in [7, 11) is 0. The predicted octanol–water partition coefficient (Wildman–Crippen LogP) is 3.36. The van der Waals surface area contributed by atoms with Crippen LogP contribution in [0.25, 0.3) is 0 Å². The maximum atomic E-state index is 12.3. The molecule has 1 aliphatic heterocycles. The molecule has 1 unspecified atom stereocenters. The monoisotopic (exact) mass is 326 g/mol. The normalized spacial score (nSPS) is 18.2. The molecule has 4 nitrogen and oxygen atoms in total. The van der Waals surface area contributed by atoms with Gasteiger partial charge in [-0.05, 0) is 37.1 Å². The van der Waals surface area contributed by atoms with Crippen LogP contribution < -0.4 is 5.32 Å². The molecule has 1 aromatic carbocycles. The minimum Gasteiger partial charge on any atom is -0.338 e. The SMILES string of the molecule is C=CC(=O)N1CCCC(C(=O)Nc2cc(Cl)cc(Cl)c2)C1. The highest BCUT2D eigenvalue weighted by Crippen LogP contribution is 2.24. The van der Waals surface area contributed by atoms with Crippen molar-refractivity contribution in [3.8, 4) is 0 Å². The van der Waals surface area contributed by atoms with Crippen LogP contribution in [0, 0.1) is 5.92 Å². The zero-order valence-corrected chi connectivity index (χ0v) is 13.0. The number of nitrogens with one attached hydrogen (secondary N) is 1. The van der Waals surface area contributed by atoms with E-state index in [1.54, 1.807) is 23.1 Å². The van der Waals surface area contributed by atoms with E-state index in [0.29, 0.717) is 28.8 Å². The minimum atomic E-state index is -0.236. The minimum absolute atomic E-state index is 0.130. The first kappa shape index (κ1) is 15.9. The van der Waals surface area contributed by atoms with Crippen molar-refractivity contribution in [2.75, 3.05) is 18.4 Å². The Hall–Kier alpha value is -1.52. The number of nitrogens with zero attached hydrogens (tertiary/aromatic N) is 1. The Morgan fingerprint density at radius 1 is 1.29 bits per heavy atom. The summed E-state index contributed by atoms with van der Waals surface area (Å²) < 4.78 is 0. The lowest BCUT2D eigenvalue weighted by atomic mass is 9.97. The Morgan fingerprint density at radius 3 is 2.57 bits per heavy atom. The Kier molecular flexibility index (Phi) is 5.26. The van der Waals surface area contributed by atoms with E-state index >= 15 is 0 Å². The molecule has 0 aliphatic carbocycles. The molecule has 1 heterocycles. The van der Waals surface area contributed by atoms with Gasteiger partial charge in [-0.1, -0.05) is 29.8 Å². The van der Waals surface area contributed by atoms with Crippen LogP contribution in [0.4, 0.5) is 5.69 Å².